The van der Waals surface area contributed by atoms with Crippen molar-refractivity contribution in [3.05, 3.63) is 42.5 Å². The summed E-state index contributed by atoms with van der Waals surface area (Å²) in [4.78, 5) is 12.3. The van der Waals surface area contributed by atoms with Gasteiger partial charge in [0.15, 0.2) is 4.34 Å². The third kappa shape index (κ3) is 3.80. The molecule has 0 unspecified atom stereocenters. The lowest BCUT2D eigenvalue weighted by atomic mass is 10.1. The Balaban J connectivity index is 1.66. The topological polar surface area (TPSA) is 66.9 Å². The zero-order chi connectivity index (χ0) is 16.2. The van der Waals surface area contributed by atoms with Gasteiger partial charge in [0.25, 0.3) is 0 Å². The Labute approximate surface area is 142 Å². The molecule has 7 heteroatoms. The van der Waals surface area contributed by atoms with Gasteiger partial charge in [-0.1, -0.05) is 53.4 Å². The highest BCUT2D eigenvalue weighted by molar-refractivity contribution is 8.02. The molecule has 2 N–H and O–H groups in total. The maximum Gasteiger partial charge on any atom is 0.237 e. The molecular formula is C16H16N4OS2. The Bertz CT molecular complexity index is 834. The summed E-state index contributed by atoms with van der Waals surface area (Å²) < 4.78 is 0.774. The molecule has 0 aliphatic rings. The predicted octanol–water partition coefficient (Wildman–Crippen LogP) is 3.85. The highest BCUT2D eigenvalue weighted by atomic mass is 32.2. The van der Waals surface area contributed by atoms with E-state index in [0.717, 1.165) is 25.9 Å². The van der Waals surface area contributed by atoms with E-state index < -0.39 is 0 Å². The van der Waals surface area contributed by atoms with E-state index in [2.05, 4.69) is 20.8 Å². The van der Waals surface area contributed by atoms with Gasteiger partial charge in [0, 0.05) is 12.7 Å². The first-order valence-corrected chi connectivity index (χ1v) is 8.83. The number of nitrogens with one attached hydrogen (secondary N) is 2. The number of nitrogens with zero attached hydrogens (tertiary/aromatic N) is 2. The number of benzene rings is 2. The number of fused-ring (bicyclic) bond motifs is 1. The van der Waals surface area contributed by atoms with Crippen LogP contribution >= 0.6 is 23.1 Å². The van der Waals surface area contributed by atoms with Crippen molar-refractivity contribution in [2.24, 2.45) is 0 Å². The van der Waals surface area contributed by atoms with Crippen molar-refractivity contribution in [3.63, 3.8) is 0 Å². The van der Waals surface area contributed by atoms with E-state index in [4.69, 9.17) is 0 Å². The molecule has 0 aliphatic carbocycles. The molecule has 0 aliphatic heterocycles. The number of aromatic nitrogens is 2. The molecule has 2 aromatic carbocycles. The molecular weight excluding hydrogens is 328 g/mol. The van der Waals surface area contributed by atoms with Gasteiger partial charge in [-0.2, -0.15) is 0 Å². The molecule has 1 atom stereocenters. The quantitative estimate of drug-likeness (QED) is 0.688. The molecule has 23 heavy (non-hydrogen) atoms. The summed E-state index contributed by atoms with van der Waals surface area (Å²) in [6, 6.07) is 14.0. The molecule has 0 saturated carbocycles. The Morgan fingerprint density at radius 3 is 2.70 bits per heavy atom. The normalized spacial score (nSPS) is 12.1. The summed E-state index contributed by atoms with van der Waals surface area (Å²) in [6.07, 6.45) is 0. The number of anilines is 2. The van der Waals surface area contributed by atoms with Crippen LogP contribution in [0, 0.1) is 0 Å². The predicted molar refractivity (Wildman–Crippen MR) is 97.4 cm³/mol. The number of amides is 1. The molecule has 0 radical (unpaired) electrons. The number of thioether (sulfide) groups is 1. The first kappa shape index (κ1) is 15.8. The maximum atomic E-state index is 12.3. The van der Waals surface area contributed by atoms with Crippen LogP contribution in [0.3, 0.4) is 0 Å². The van der Waals surface area contributed by atoms with E-state index in [9.17, 15) is 4.79 Å². The van der Waals surface area contributed by atoms with Gasteiger partial charge < -0.3 is 10.6 Å². The Kier molecular flexibility index (Phi) is 4.78. The first-order chi connectivity index (χ1) is 11.2. The van der Waals surface area contributed by atoms with E-state index in [0.29, 0.717) is 0 Å². The maximum absolute atomic E-state index is 12.3. The van der Waals surface area contributed by atoms with E-state index in [1.54, 1.807) is 7.05 Å². The van der Waals surface area contributed by atoms with Gasteiger partial charge in [-0.15, -0.1) is 10.2 Å². The lowest BCUT2D eigenvalue weighted by Crippen LogP contribution is -2.22. The molecule has 3 rings (SSSR count). The Morgan fingerprint density at radius 2 is 1.96 bits per heavy atom. The standard InChI is InChI=1S/C16H16N4OS2/c1-10(22-16-20-19-15(17-2)23-16)14(21)18-13-8-7-11-5-3-4-6-12(11)9-13/h3-10H,1-2H3,(H,17,19)(H,18,21)/t10-/m0/s1. The zero-order valence-electron chi connectivity index (χ0n) is 12.7. The average molecular weight is 344 g/mol. The van der Waals surface area contributed by atoms with Crippen molar-refractivity contribution in [1.29, 1.82) is 0 Å². The molecule has 1 amide bonds. The minimum absolute atomic E-state index is 0.0495. The molecule has 0 saturated heterocycles. The van der Waals surface area contributed by atoms with Crippen molar-refractivity contribution in [1.82, 2.24) is 10.2 Å². The molecule has 118 valence electrons. The minimum atomic E-state index is -0.251. The van der Waals surface area contributed by atoms with E-state index in [1.165, 1.54) is 23.1 Å². The minimum Gasteiger partial charge on any atom is -0.363 e. The average Bonchev–Trinajstić information content (AvgIpc) is 3.02. The van der Waals surface area contributed by atoms with Gasteiger partial charge in [-0.05, 0) is 29.8 Å². The summed E-state index contributed by atoms with van der Waals surface area (Å²) in [5.74, 6) is -0.0495. The number of rotatable bonds is 5. The van der Waals surface area contributed by atoms with Crippen LogP contribution in [0.25, 0.3) is 10.8 Å². The summed E-state index contributed by atoms with van der Waals surface area (Å²) in [5, 5.41) is 16.7. The second-order valence-corrected chi connectivity index (χ2v) is 7.50. The van der Waals surface area contributed by atoms with Gasteiger partial charge >= 0.3 is 0 Å². The Morgan fingerprint density at radius 1 is 1.17 bits per heavy atom. The zero-order valence-corrected chi connectivity index (χ0v) is 14.4. The van der Waals surface area contributed by atoms with Crippen LogP contribution in [-0.2, 0) is 4.79 Å². The van der Waals surface area contributed by atoms with Crippen molar-refractivity contribution < 1.29 is 4.79 Å². The van der Waals surface area contributed by atoms with Crippen molar-refractivity contribution in [2.75, 3.05) is 17.7 Å². The summed E-state index contributed by atoms with van der Waals surface area (Å²) in [7, 11) is 1.80. The third-order valence-electron chi connectivity index (χ3n) is 3.28. The fourth-order valence-corrected chi connectivity index (χ4v) is 3.92. The third-order valence-corrected chi connectivity index (χ3v) is 5.41. The van der Waals surface area contributed by atoms with E-state index in [1.807, 2.05) is 49.4 Å². The van der Waals surface area contributed by atoms with E-state index >= 15 is 0 Å². The second kappa shape index (κ2) is 6.97. The van der Waals surface area contributed by atoms with Crippen LogP contribution in [0.4, 0.5) is 10.8 Å². The van der Waals surface area contributed by atoms with Crippen LogP contribution < -0.4 is 10.6 Å². The van der Waals surface area contributed by atoms with Gasteiger partial charge in [-0.3, -0.25) is 4.79 Å². The highest BCUT2D eigenvalue weighted by Crippen LogP contribution is 2.29. The smallest absolute Gasteiger partial charge is 0.237 e. The fourth-order valence-electron chi connectivity index (χ4n) is 2.07. The molecule has 1 heterocycles. The highest BCUT2D eigenvalue weighted by Gasteiger charge is 2.17. The lowest BCUT2D eigenvalue weighted by Gasteiger charge is -2.11. The molecule has 0 fully saturated rings. The van der Waals surface area contributed by atoms with Crippen LogP contribution in [0.2, 0.25) is 0 Å². The molecule has 1 aromatic heterocycles. The van der Waals surface area contributed by atoms with Crippen LogP contribution in [-0.4, -0.2) is 28.4 Å². The van der Waals surface area contributed by atoms with Crippen LogP contribution in [0.15, 0.2) is 46.8 Å². The second-order valence-electron chi connectivity index (χ2n) is 4.93. The van der Waals surface area contributed by atoms with Crippen LogP contribution in [0.5, 0.6) is 0 Å². The fraction of sp³-hybridized carbons (Fsp3) is 0.188. The first-order valence-electron chi connectivity index (χ1n) is 7.13. The molecule has 0 bridgehead atoms. The summed E-state index contributed by atoms with van der Waals surface area (Å²) in [6.45, 7) is 1.86. The summed E-state index contributed by atoms with van der Waals surface area (Å²) in [5.41, 5.74) is 0.800. The number of hydrogen-bond donors (Lipinski definition) is 2. The SMILES string of the molecule is CNc1nnc(S[C@@H](C)C(=O)Nc2ccc3ccccc3c2)s1. The monoisotopic (exact) mass is 344 g/mol. The van der Waals surface area contributed by atoms with Gasteiger partial charge in [0.1, 0.15) is 0 Å². The Hall–Kier alpha value is -2.12. The van der Waals surface area contributed by atoms with Crippen molar-refractivity contribution in [2.45, 2.75) is 16.5 Å². The number of carbonyl (C=O) groups excluding carboxylic acids is 1. The van der Waals surface area contributed by atoms with Gasteiger partial charge in [0.05, 0.1) is 5.25 Å². The van der Waals surface area contributed by atoms with Crippen molar-refractivity contribution >= 4 is 50.6 Å². The van der Waals surface area contributed by atoms with Gasteiger partial charge in [-0.25, -0.2) is 0 Å². The number of carbonyl (C=O) groups is 1. The lowest BCUT2D eigenvalue weighted by molar-refractivity contribution is -0.115. The van der Waals surface area contributed by atoms with Crippen molar-refractivity contribution in [3.8, 4) is 0 Å². The largest absolute Gasteiger partial charge is 0.363 e. The summed E-state index contributed by atoms with van der Waals surface area (Å²) >= 11 is 2.84. The molecule has 3 aromatic rings. The van der Waals surface area contributed by atoms with Crippen LogP contribution in [0.1, 0.15) is 6.92 Å². The number of hydrogen-bond acceptors (Lipinski definition) is 6. The van der Waals surface area contributed by atoms with Gasteiger partial charge in [0.2, 0.25) is 11.0 Å². The van der Waals surface area contributed by atoms with E-state index in [-0.39, 0.29) is 11.2 Å². The molecule has 0 spiro atoms. The molecule has 5 nitrogen and oxygen atoms in total.